The number of likely N-dealkylation sites (N-methyl/N-ethyl adjacent to an activating group) is 1. The number of carbonyl (C=O) groups is 2. The smallest absolute Gasteiger partial charge is 0.252 e. The first kappa shape index (κ1) is 20.1. The van der Waals surface area contributed by atoms with Gasteiger partial charge in [0.2, 0.25) is 11.8 Å². The summed E-state index contributed by atoms with van der Waals surface area (Å²) in [5.41, 5.74) is 0. The lowest BCUT2D eigenvalue weighted by Gasteiger charge is -2.33. The average molecular weight is 409 g/mol. The fourth-order valence-corrected chi connectivity index (χ4v) is 5.34. The standard InChI is InChI=1S/C14H21ClN4O4S2/c1-17(2)13(21)9-16-12(20)10-18-5-7-19(8-6-18)25(22,23)14-4-3-11(15)24-14/h3-4H,5-10H2,1-2H3,(H,16,20). The maximum absolute atomic E-state index is 12.5. The summed E-state index contributed by atoms with van der Waals surface area (Å²) in [6.07, 6.45) is 0. The maximum Gasteiger partial charge on any atom is 0.252 e. The van der Waals surface area contributed by atoms with E-state index < -0.39 is 10.0 Å². The monoisotopic (exact) mass is 408 g/mol. The fourth-order valence-electron chi connectivity index (χ4n) is 2.28. The van der Waals surface area contributed by atoms with Gasteiger partial charge in [0.15, 0.2) is 0 Å². The van der Waals surface area contributed by atoms with E-state index in [2.05, 4.69) is 5.32 Å². The lowest BCUT2D eigenvalue weighted by molar-refractivity contribution is -0.131. The van der Waals surface area contributed by atoms with Crippen molar-refractivity contribution in [3.63, 3.8) is 0 Å². The van der Waals surface area contributed by atoms with E-state index in [4.69, 9.17) is 11.6 Å². The number of sulfonamides is 1. The summed E-state index contributed by atoms with van der Waals surface area (Å²) in [6.45, 7) is 1.61. The van der Waals surface area contributed by atoms with E-state index in [1.165, 1.54) is 15.3 Å². The highest BCUT2D eigenvalue weighted by Crippen LogP contribution is 2.28. The second kappa shape index (κ2) is 8.45. The number of thiophene rings is 1. The molecule has 2 heterocycles. The van der Waals surface area contributed by atoms with Crippen molar-refractivity contribution < 1.29 is 18.0 Å². The molecule has 1 aromatic heterocycles. The Hall–Kier alpha value is -1.20. The molecular weight excluding hydrogens is 388 g/mol. The number of nitrogens with zero attached hydrogens (tertiary/aromatic N) is 3. The second-order valence-electron chi connectivity index (χ2n) is 5.80. The van der Waals surface area contributed by atoms with Crippen molar-refractivity contribution in [1.29, 1.82) is 0 Å². The van der Waals surface area contributed by atoms with Crippen LogP contribution < -0.4 is 5.32 Å². The Bertz CT molecular complexity index is 727. The van der Waals surface area contributed by atoms with Gasteiger partial charge < -0.3 is 10.2 Å². The van der Waals surface area contributed by atoms with Gasteiger partial charge in [-0.1, -0.05) is 11.6 Å². The number of rotatable bonds is 6. The van der Waals surface area contributed by atoms with Crippen LogP contribution in [0.25, 0.3) is 0 Å². The Balaban J connectivity index is 1.81. The molecule has 0 atom stereocenters. The number of piperazine rings is 1. The number of carbonyl (C=O) groups excluding carboxylic acids is 2. The van der Waals surface area contributed by atoms with Gasteiger partial charge in [-0.2, -0.15) is 4.31 Å². The molecule has 1 N–H and O–H groups in total. The number of halogens is 1. The topological polar surface area (TPSA) is 90.0 Å². The van der Waals surface area contributed by atoms with Crippen molar-refractivity contribution in [3.05, 3.63) is 16.5 Å². The van der Waals surface area contributed by atoms with Gasteiger partial charge in [-0.3, -0.25) is 14.5 Å². The molecule has 1 fully saturated rings. The van der Waals surface area contributed by atoms with Gasteiger partial charge in [-0.25, -0.2) is 8.42 Å². The average Bonchev–Trinajstić information content (AvgIpc) is 3.00. The first-order valence-electron chi connectivity index (χ1n) is 7.65. The molecular formula is C14H21ClN4O4S2. The molecule has 1 aromatic rings. The van der Waals surface area contributed by atoms with Crippen molar-refractivity contribution in [1.82, 2.24) is 19.4 Å². The van der Waals surface area contributed by atoms with Crippen LogP contribution in [0.3, 0.4) is 0 Å². The van der Waals surface area contributed by atoms with Gasteiger partial charge in [0.05, 0.1) is 17.4 Å². The highest BCUT2D eigenvalue weighted by atomic mass is 35.5. The summed E-state index contributed by atoms with van der Waals surface area (Å²) in [5.74, 6) is -0.435. The highest BCUT2D eigenvalue weighted by Gasteiger charge is 2.30. The zero-order valence-electron chi connectivity index (χ0n) is 14.1. The molecule has 0 radical (unpaired) electrons. The number of hydrogen-bond acceptors (Lipinski definition) is 6. The number of nitrogens with one attached hydrogen (secondary N) is 1. The van der Waals surface area contributed by atoms with E-state index in [9.17, 15) is 18.0 Å². The first-order chi connectivity index (χ1) is 11.7. The Morgan fingerprint density at radius 2 is 1.88 bits per heavy atom. The molecule has 1 aliphatic heterocycles. The summed E-state index contributed by atoms with van der Waals surface area (Å²) in [4.78, 5) is 26.6. The molecule has 0 bridgehead atoms. The third-order valence-corrected chi connectivity index (χ3v) is 7.37. The van der Waals surface area contributed by atoms with Crippen molar-refractivity contribution in [3.8, 4) is 0 Å². The van der Waals surface area contributed by atoms with Gasteiger partial charge in [0, 0.05) is 40.3 Å². The Morgan fingerprint density at radius 3 is 2.40 bits per heavy atom. The molecule has 0 aliphatic carbocycles. The van der Waals surface area contributed by atoms with Gasteiger partial charge in [0.25, 0.3) is 10.0 Å². The molecule has 0 saturated carbocycles. The maximum atomic E-state index is 12.5. The first-order valence-corrected chi connectivity index (χ1v) is 10.3. The van der Waals surface area contributed by atoms with Crippen LogP contribution in [0, 0.1) is 0 Å². The van der Waals surface area contributed by atoms with Crippen molar-refractivity contribution in [2.75, 3.05) is 53.4 Å². The molecule has 11 heteroatoms. The number of amides is 2. The molecule has 1 saturated heterocycles. The van der Waals surface area contributed by atoms with E-state index >= 15 is 0 Å². The van der Waals surface area contributed by atoms with Crippen LogP contribution in [-0.2, 0) is 19.6 Å². The quantitative estimate of drug-likeness (QED) is 0.710. The largest absolute Gasteiger partial charge is 0.347 e. The second-order valence-corrected chi connectivity index (χ2v) is 9.68. The van der Waals surface area contributed by atoms with Gasteiger partial charge in [-0.15, -0.1) is 11.3 Å². The molecule has 0 spiro atoms. The Morgan fingerprint density at radius 1 is 1.24 bits per heavy atom. The summed E-state index contributed by atoms with van der Waals surface area (Å²) in [6, 6.07) is 3.07. The van der Waals surface area contributed by atoms with Crippen molar-refractivity contribution in [2.45, 2.75) is 4.21 Å². The van der Waals surface area contributed by atoms with E-state index in [1.54, 1.807) is 20.2 Å². The molecule has 1 aliphatic rings. The normalized spacial score (nSPS) is 16.6. The molecule has 0 aromatic carbocycles. The molecule has 140 valence electrons. The highest BCUT2D eigenvalue weighted by molar-refractivity contribution is 7.91. The van der Waals surface area contributed by atoms with Crippen molar-refractivity contribution in [2.24, 2.45) is 0 Å². The van der Waals surface area contributed by atoms with Crippen LogP contribution in [0.5, 0.6) is 0 Å². The Kier molecular flexibility index (Phi) is 6.80. The van der Waals surface area contributed by atoms with E-state index in [0.29, 0.717) is 30.5 Å². The molecule has 0 unspecified atom stereocenters. The van der Waals surface area contributed by atoms with Gasteiger partial charge >= 0.3 is 0 Å². The zero-order valence-corrected chi connectivity index (χ0v) is 16.5. The van der Waals surface area contributed by atoms with E-state index in [0.717, 1.165) is 11.3 Å². The lowest BCUT2D eigenvalue weighted by atomic mass is 10.3. The summed E-state index contributed by atoms with van der Waals surface area (Å²) >= 11 is 6.85. The van der Waals surface area contributed by atoms with Crippen LogP contribution in [0.4, 0.5) is 0 Å². The Labute approximate surface area is 156 Å². The SMILES string of the molecule is CN(C)C(=O)CNC(=O)CN1CCN(S(=O)(=O)c2ccc(Cl)s2)CC1. The summed E-state index contributed by atoms with van der Waals surface area (Å²) in [7, 11) is -0.294. The molecule has 25 heavy (non-hydrogen) atoms. The minimum atomic E-state index is -3.53. The predicted molar refractivity (Wildman–Crippen MR) is 96.2 cm³/mol. The van der Waals surface area contributed by atoms with Gasteiger partial charge in [0.1, 0.15) is 4.21 Å². The number of hydrogen-bond donors (Lipinski definition) is 1. The molecule has 2 rings (SSSR count). The van der Waals surface area contributed by atoms with Crippen LogP contribution in [0.15, 0.2) is 16.3 Å². The predicted octanol–water partition coefficient (Wildman–Crippen LogP) is -0.0878. The van der Waals surface area contributed by atoms with Crippen LogP contribution in [-0.4, -0.2) is 87.7 Å². The van der Waals surface area contributed by atoms with Crippen LogP contribution >= 0.6 is 22.9 Å². The van der Waals surface area contributed by atoms with E-state index in [-0.39, 0.29) is 29.1 Å². The minimum absolute atomic E-state index is 0.0423. The van der Waals surface area contributed by atoms with E-state index in [1.807, 2.05) is 4.90 Å². The van der Waals surface area contributed by atoms with Crippen LogP contribution in [0.2, 0.25) is 4.34 Å². The lowest BCUT2D eigenvalue weighted by Crippen LogP contribution is -2.51. The third-order valence-electron chi connectivity index (χ3n) is 3.78. The fraction of sp³-hybridized carbons (Fsp3) is 0.571. The third kappa shape index (κ3) is 5.38. The minimum Gasteiger partial charge on any atom is -0.347 e. The molecule has 8 nitrogen and oxygen atoms in total. The van der Waals surface area contributed by atoms with Crippen molar-refractivity contribution >= 4 is 44.8 Å². The van der Waals surface area contributed by atoms with Gasteiger partial charge in [-0.05, 0) is 12.1 Å². The summed E-state index contributed by atoms with van der Waals surface area (Å²) < 4.78 is 27.1. The molecule has 2 amide bonds. The summed E-state index contributed by atoms with van der Waals surface area (Å²) in [5, 5.41) is 2.56. The van der Waals surface area contributed by atoms with Crippen LogP contribution in [0.1, 0.15) is 0 Å². The zero-order chi connectivity index (χ0) is 18.6.